The van der Waals surface area contributed by atoms with E-state index in [0.717, 1.165) is 37.3 Å². The standard InChI is InChI=1S/C21H30N4O3/c1-23(10-8-17-6-3-5-13-28-17)16-18-20(21(26)24-11-14-27-15-12-24)22-19-7-2-4-9-25(18)19/h2,4,7,9,17H,3,5-6,8,10-16H2,1H3/t17-/m1/s1. The van der Waals surface area contributed by atoms with Gasteiger partial charge < -0.3 is 23.7 Å². The third-order valence-electron chi connectivity index (χ3n) is 5.66. The molecular formula is C21H30N4O3. The maximum Gasteiger partial charge on any atom is 0.274 e. The highest BCUT2D eigenvalue weighted by molar-refractivity contribution is 5.94. The van der Waals surface area contributed by atoms with Gasteiger partial charge in [0.15, 0.2) is 5.69 Å². The summed E-state index contributed by atoms with van der Waals surface area (Å²) in [6, 6.07) is 5.89. The Morgan fingerprint density at radius 3 is 2.89 bits per heavy atom. The van der Waals surface area contributed by atoms with Crippen LogP contribution in [0.2, 0.25) is 0 Å². The van der Waals surface area contributed by atoms with Crippen molar-refractivity contribution in [3.05, 3.63) is 35.8 Å². The molecule has 1 atom stereocenters. The third-order valence-corrected chi connectivity index (χ3v) is 5.66. The van der Waals surface area contributed by atoms with Gasteiger partial charge in [0.05, 0.1) is 25.0 Å². The van der Waals surface area contributed by atoms with Crippen LogP contribution < -0.4 is 0 Å². The highest BCUT2D eigenvalue weighted by Gasteiger charge is 2.26. The number of pyridine rings is 1. The van der Waals surface area contributed by atoms with E-state index in [1.807, 2.05) is 33.7 Å². The zero-order valence-electron chi connectivity index (χ0n) is 16.7. The topological polar surface area (TPSA) is 59.3 Å². The first-order chi connectivity index (χ1) is 13.7. The van der Waals surface area contributed by atoms with Crippen LogP contribution in [0, 0.1) is 0 Å². The maximum atomic E-state index is 13.1. The molecule has 2 saturated heterocycles. The van der Waals surface area contributed by atoms with Crippen molar-refractivity contribution in [1.82, 2.24) is 19.2 Å². The third kappa shape index (κ3) is 4.37. The molecule has 2 aromatic rings. The number of fused-ring (bicyclic) bond motifs is 1. The van der Waals surface area contributed by atoms with Crippen LogP contribution in [0.15, 0.2) is 24.4 Å². The lowest BCUT2D eigenvalue weighted by atomic mass is 10.1. The first-order valence-corrected chi connectivity index (χ1v) is 10.4. The van der Waals surface area contributed by atoms with Crippen LogP contribution in [0.1, 0.15) is 41.9 Å². The van der Waals surface area contributed by atoms with Gasteiger partial charge in [-0.1, -0.05) is 6.07 Å². The second kappa shape index (κ2) is 9.03. The summed E-state index contributed by atoms with van der Waals surface area (Å²) in [5.74, 6) is 0.00557. The number of rotatable bonds is 6. The van der Waals surface area contributed by atoms with Crippen LogP contribution in [0.4, 0.5) is 0 Å². The second-order valence-corrected chi connectivity index (χ2v) is 7.76. The Bertz CT molecular complexity index is 794. The quantitative estimate of drug-likeness (QED) is 0.762. The number of morpholine rings is 1. The molecule has 7 nitrogen and oxygen atoms in total. The van der Waals surface area contributed by atoms with Crippen molar-refractivity contribution in [2.45, 2.75) is 38.3 Å². The van der Waals surface area contributed by atoms with E-state index < -0.39 is 0 Å². The van der Waals surface area contributed by atoms with Crippen molar-refractivity contribution in [2.24, 2.45) is 0 Å². The molecule has 0 unspecified atom stereocenters. The van der Waals surface area contributed by atoms with Crippen molar-refractivity contribution < 1.29 is 14.3 Å². The van der Waals surface area contributed by atoms with Gasteiger partial charge in [-0.3, -0.25) is 4.79 Å². The monoisotopic (exact) mass is 386 g/mol. The number of nitrogens with zero attached hydrogens (tertiary/aromatic N) is 4. The second-order valence-electron chi connectivity index (χ2n) is 7.76. The molecule has 152 valence electrons. The van der Waals surface area contributed by atoms with Crippen molar-refractivity contribution in [3.63, 3.8) is 0 Å². The van der Waals surface area contributed by atoms with E-state index in [4.69, 9.17) is 9.47 Å². The molecule has 2 aliphatic rings. The van der Waals surface area contributed by atoms with Gasteiger partial charge in [-0.25, -0.2) is 4.98 Å². The fourth-order valence-electron chi connectivity index (χ4n) is 4.02. The minimum atomic E-state index is 0.00557. The van der Waals surface area contributed by atoms with Gasteiger partial charge in [-0.05, 0) is 44.9 Å². The molecule has 0 aliphatic carbocycles. The average molecular weight is 386 g/mol. The molecular weight excluding hydrogens is 356 g/mol. The molecule has 0 aromatic carbocycles. The molecule has 7 heteroatoms. The Balaban J connectivity index is 1.50. The minimum Gasteiger partial charge on any atom is -0.378 e. The van der Waals surface area contributed by atoms with E-state index in [1.165, 1.54) is 12.8 Å². The zero-order chi connectivity index (χ0) is 19.3. The lowest BCUT2D eigenvalue weighted by Gasteiger charge is -2.27. The number of aromatic nitrogens is 2. The molecule has 0 N–H and O–H groups in total. The molecule has 0 saturated carbocycles. The summed E-state index contributed by atoms with van der Waals surface area (Å²) in [7, 11) is 2.11. The molecule has 4 heterocycles. The van der Waals surface area contributed by atoms with Gasteiger partial charge in [0.25, 0.3) is 5.91 Å². The number of hydrogen-bond donors (Lipinski definition) is 0. The van der Waals surface area contributed by atoms with Gasteiger partial charge in [0.2, 0.25) is 0 Å². The summed E-state index contributed by atoms with van der Waals surface area (Å²) < 4.78 is 13.3. The van der Waals surface area contributed by atoms with E-state index in [2.05, 4.69) is 16.9 Å². The smallest absolute Gasteiger partial charge is 0.274 e. The van der Waals surface area contributed by atoms with Gasteiger partial charge in [0.1, 0.15) is 5.65 Å². The van der Waals surface area contributed by atoms with Gasteiger partial charge >= 0.3 is 0 Å². The molecule has 4 rings (SSSR count). The molecule has 2 fully saturated rings. The van der Waals surface area contributed by atoms with E-state index in [1.54, 1.807) is 0 Å². The molecule has 2 aliphatic heterocycles. The van der Waals surface area contributed by atoms with Crippen molar-refractivity contribution in [2.75, 3.05) is 46.5 Å². The number of carbonyl (C=O) groups excluding carboxylic acids is 1. The van der Waals surface area contributed by atoms with Crippen molar-refractivity contribution in [1.29, 1.82) is 0 Å². The highest BCUT2D eigenvalue weighted by Crippen LogP contribution is 2.19. The number of amides is 1. The van der Waals surface area contributed by atoms with Crippen molar-refractivity contribution in [3.8, 4) is 0 Å². The van der Waals surface area contributed by atoms with Crippen LogP contribution in [0.3, 0.4) is 0 Å². The van der Waals surface area contributed by atoms with Crippen LogP contribution in [0.25, 0.3) is 5.65 Å². The van der Waals surface area contributed by atoms with E-state index in [9.17, 15) is 4.79 Å². The molecule has 0 spiro atoms. The minimum absolute atomic E-state index is 0.00557. The van der Waals surface area contributed by atoms with Crippen molar-refractivity contribution >= 4 is 11.6 Å². The number of carbonyl (C=O) groups is 1. The summed E-state index contributed by atoms with van der Waals surface area (Å²) in [5.41, 5.74) is 2.34. The number of ether oxygens (including phenoxy) is 2. The Kier molecular flexibility index (Phi) is 6.24. The zero-order valence-corrected chi connectivity index (χ0v) is 16.7. The average Bonchev–Trinajstić information content (AvgIpc) is 3.11. The van der Waals surface area contributed by atoms with E-state index in [-0.39, 0.29) is 5.91 Å². The summed E-state index contributed by atoms with van der Waals surface area (Å²) in [5, 5.41) is 0. The van der Waals surface area contributed by atoms with E-state index in [0.29, 0.717) is 44.6 Å². The van der Waals surface area contributed by atoms with Crippen LogP contribution in [0.5, 0.6) is 0 Å². The summed E-state index contributed by atoms with van der Waals surface area (Å²) in [4.78, 5) is 21.9. The number of imidazole rings is 1. The van der Waals surface area contributed by atoms with Crippen LogP contribution in [-0.2, 0) is 16.0 Å². The molecule has 1 amide bonds. The Morgan fingerprint density at radius 2 is 2.11 bits per heavy atom. The molecule has 2 aromatic heterocycles. The first-order valence-electron chi connectivity index (χ1n) is 10.4. The Hall–Kier alpha value is -1.96. The summed E-state index contributed by atoms with van der Waals surface area (Å²) in [6.45, 7) is 4.95. The summed E-state index contributed by atoms with van der Waals surface area (Å²) >= 11 is 0. The first kappa shape index (κ1) is 19.4. The van der Waals surface area contributed by atoms with E-state index >= 15 is 0 Å². The largest absolute Gasteiger partial charge is 0.378 e. The fraction of sp³-hybridized carbons (Fsp3) is 0.619. The van der Waals surface area contributed by atoms with Crippen LogP contribution >= 0.6 is 0 Å². The SMILES string of the molecule is CN(CC[C@H]1CCCCO1)Cc1c(C(=O)N2CCOCC2)nc2ccccn12. The predicted octanol–water partition coefficient (Wildman–Crippen LogP) is 2.20. The lowest BCUT2D eigenvalue weighted by Crippen LogP contribution is -2.41. The Morgan fingerprint density at radius 1 is 1.25 bits per heavy atom. The maximum absolute atomic E-state index is 13.1. The highest BCUT2D eigenvalue weighted by atomic mass is 16.5. The Labute approximate surface area is 166 Å². The number of hydrogen-bond acceptors (Lipinski definition) is 5. The summed E-state index contributed by atoms with van der Waals surface area (Å²) in [6.07, 6.45) is 6.99. The predicted molar refractivity (Wildman–Crippen MR) is 106 cm³/mol. The van der Waals surface area contributed by atoms with Crippen LogP contribution in [-0.4, -0.2) is 77.7 Å². The van der Waals surface area contributed by atoms with Gasteiger partial charge in [0, 0.05) is 39.0 Å². The molecule has 0 bridgehead atoms. The normalized spacial score (nSPS) is 20.8. The van der Waals surface area contributed by atoms with Gasteiger partial charge in [-0.2, -0.15) is 0 Å². The van der Waals surface area contributed by atoms with Gasteiger partial charge in [-0.15, -0.1) is 0 Å². The molecule has 28 heavy (non-hydrogen) atoms. The molecule has 0 radical (unpaired) electrons. The lowest BCUT2D eigenvalue weighted by molar-refractivity contribution is 0.00631. The fourth-order valence-corrected chi connectivity index (χ4v) is 4.02.